The molecule has 2 heterocycles. The van der Waals surface area contributed by atoms with Gasteiger partial charge in [0.25, 0.3) is 5.91 Å². The number of carbonyl (C=O) groups is 3. The number of Topliss-reactive ketones (excluding diaryl/α,β-unsaturated/α-hetero) is 1. The maximum atomic E-state index is 11.9. The minimum absolute atomic E-state index is 0.112. The predicted octanol–water partition coefficient (Wildman–Crippen LogP) is 3.39. The van der Waals surface area contributed by atoms with Crippen molar-refractivity contribution in [3.63, 3.8) is 0 Å². The van der Waals surface area contributed by atoms with E-state index in [1.807, 2.05) is 12.1 Å². The summed E-state index contributed by atoms with van der Waals surface area (Å²) in [6.07, 6.45) is 4.41. The molecule has 0 bridgehead atoms. The van der Waals surface area contributed by atoms with E-state index in [2.05, 4.69) is 10.3 Å². The van der Waals surface area contributed by atoms with Crippen LogP contribution in [-0.4, -0.2) is 33.7 Å². The number of ether oxygens (including phenoxy) is 1. The molecule has 1 N–H and O–H groups in total. The Morgan fingerprint density at radius 1 is 1.21 bits per heavy atom. The molecule has 7 nitrogen and oxygen atoms in total. The average Bonchev–Trinajstić information content (AvgIpc) is 3.00. The van der Waals surface area contributed by atoms with E-state index < -0.39 is 18.5 Å². The number of halogens is 1. The molecule has 1 aromatic carbocycles. The number of imidazole rings is 1. The summed E-state index contributed by atoms with van der Waals surface area (Å²) in [5, 5.41) is 2.82. The molecular weight excluding hydrogens is 382 g/mol. The molecule has 0 atom stereocenters. The zero-order valence-electron chi connectivity index (χ0n) is 14.9. The first-order valence-electron chi connectivity index (χ1n) is 8.32. The van der Waals surface area contributed by atoms with E-state index >= 15 is 0 Å². The number of ketones is 1. The summed E-state index contributed by atoms with van der Waals surface area (Å²) in [7, 11) is 0. The van der Waals surface area contributed by atoms with Crippen LogP contribution in [0.2, 0.25) is 5.15 Å². The molecule has 142 valence electrons. The van der Waals surface area contributed by atoms with Crippen LogP contribution in [0.5, 0.6) is 0 Å². The maximum absolute atomic E-state index is 11.9. The van der Waals surface area contributed by atoms with Crippen molar-refractivity contribution in [2.75, 3.05) is 11.9 Å². The number of hydrogen-bond donors (Lipinski definition) is 1. The molecule has 0 unspecified atom stereocenters. The summed E-state index contributed by atoms with van der Waals surface area (Å²) in [6, 6.07) is 11.9. The summed E-state index contributed by atoms with van der Waals surface area (Å²) in [4.78, 5) is 39.3. The van der Waals surface area contributed by atoms with Gasteiger partial charge in [-0.05, 0) is 37.3 Å². The number of hydrogen-bond acceptors (Lipinski definition) is 5. The maximum Gasteiger partial charge on any atom is 0.331 e. The van der Waals surface area contributed by atoms with Crippen LogP contribution in [0.15, 0.2) is 54.7 Å². The Kier molecular flexibility index (Phi) is 5.86. The standard InChI is InChI=1S/C20H16ClN3O4/c1-13(25)14-5-4-6-15(11-14)22-18(26)12-28-19(27)9-8-16-20(21)23-17-7-2-3-10-24(16)17/h2-11H,12H2,1H3,(H,22,26)/b9-8+. The number of aromatic nitrogens is 2. The number of pyridine rings is 1. The van der Waals surface area contributed by atoms with Gasteiger partial charge in [0.1, 0.15) is 5.65 Å². The molecule has 0 saturated heterocycles. The number of anilines is 1. The minimum Gasteiger partial charge on any atom is -0.452 e. The highest BCUT2D eigenvalue weighted by molar-refractivity contribution is 6.31. The topological polar surface area (TPSA) is 89.8 Å². The third kappa shape index (κ3) is 4.63. The first-order chi connectivity index (χ1) is 13.4. The molecule has 0 aliphatic rings. The van der Waals surface area contributed by atoms with Crippen LogP contribution in [0.1, 0.15) is 23.0 Å². The lowest BCUT2D eigenvalue weighted by atomic mass is 10.1. The Morgan fingerprint density at radius 3 is 2.82 bits per heavy atom. The van der Waals surface area contributed by atoms with Gasteiger partial charge in [0.2, 0.25) is 0 Å². The quantitative estimate of drug-likeness (QED) is 0.391. The molecule has 0 spiro atoms. The fourth-order valence-electron chi connectivity index (χ4n) is 2.48. The highest BCUT2D eigenvalue weighted by atomic mass is 35.5. The molecule has 28 heavy (non-hydrogen) atoms. The number of carbonyl (C=O) groups excluding carboxylic acids is 3. The van der Waals surface area contributed by atoms with Crippen LogP contribution < -0.4 is 5.32 Å². The molecule has 3 aromatic rings. The van der Waals surface area contributed by atoms with E-state index in [0.29, 0.717) is 22.6 Å². The average molecular weight is 398 g/mol. The van der Waals surface area contributed by atoms with Gasteiger partial charge in [-0.15, -0.1) is 0 Å². The fourth-order valence-corrected chi connectivity index (χ4v) is 2.72. The second-order valence-corrected chi connectivity index (χ2v) is 6.20. The lowest BCUT2D eigenvalue weighted by Crippen LogP contribution is -2.20. The SMILES string of the molecule is CC(=O)c1cccc(NC(=O)COC(=O)/C=C/c2c(Cl)nc3ccccn23)c1. The van der Waals surface area contributed by atoms with E-state index in [9.17, 15) is 14.4 Å². The molecule has 0 aliphatic heterocycles. The van der Waals surface area contributed by atoms with Crippen LogP contribution >= 0.6 is 11.6 Å². The van der Waals surface area contributed by atoms with Crippen molar-refractivity contribution in [2.24, 2.45) is 0 Å². The summed E-state index contributed by atoms with van der Waals surface area (Å²) in [6.45, 7) is 0.972. The molecule has 0 radical (unpaired) electrons. The number of benzene rings is 1. The molecule has 2 aromatic heterocycles. The number of nitrogens with zero attached hydrogens (tertiary/aromatic N) is 2. The van der Waals surface area contributed by atoms with E-state index in [4.69, 9.17) is 16.3 Å². The van der Waals surface area contributed by atoms with Gasteiger partial charge >= 0.3 is 5.97 Å². The molecular formula is C20H16ClN3O4. The third-order valence-corrected chi connectivity index (χ3v) is 4.08. The smallest absolute Gasteiger partial charge is 0.331 e. The van der Waals surface area contributed by atoms with Crippen LogP contribution in [-0.2, 0) is 14.3 Å². The Bertz CT molecular complexity index is 1090. The van der Waals surface area contributed by atoms with Gasteiger partial charge in [-0.25, -0.2) is 9.78 Å². The second-order valence-electron chi connectivity index (χ2n) is 5.84. The van der Waals surface area contributed by atoms with Crippen molar-refractivity contribution in [2.45, 2.75) is 6.92 Å². The number of nitrogens with one attached hydrogen (secondary N) is 1. The van der Waals surface area contributed by atoms with Crippen molar-refractivity contribution in [1.29, 1.82) is 0 Å². The second kappa shape index (κ2) is 8.49. The summed E-state index contributed by atoms with van der Waals surface area (Å²) in [5.41, 5.74) is 2.09. The van der Waals surface area contributed by atoms with Gasteiger partial charge in [0.15, 0.2) is 17.5 Å². The molecule has 0 saturated carbocycles. The van der Waals surface area contributed by atoms with Gasteiger partial charge in [-0.2, -0.15) is 0 Å². The predicted molar refractivity (Wildman–Crippen MR) is 105 cm³/mol. The zero-order valence-corrected chi connectivity index (χ0v) is 15.6. The van der Waals surface area contributed by atoms with E-state index in [1.54, 1.807) is 40.9 Å². The summed E-state index contributed by atoms with van der Waals surface area (Å²) < 4.78 is 6.65. The summed E-state index contributed by atoms with van der Waals surface area (Å²) >= 11 is 6.08. The first kappa shape index (κ1) is 19.3. The monoisotopic (exact) mass is 397 g/mol. The molecule has 0 aliphatic carbocycles. The first-order valence-corrected chi connectivity index (χ1v) is 8.70. The van der Waals surface area contributed by atoms with Crippen LogP contribution in [0.3, 0.4) is 0 Å². The Hall–Kier alpha value is -3.45. The molecule has 3 rings (SSSR count). The number of fused-ring (bicyclic) bond motifs is 1. The van der Waals surface area contributed by atoms with Crippen molar-refractivity contribution in [3.8, 4) is 0 Å². The van der Waals surface area contributed by atoms with Crippen molar-refractivity contribution >= 4 is 46.7 Å². The van der Waals surface area contributed by atoms with Crippen molar-refractivity contribution in [1.82, 2.24) is 9.38 Å². The number of rotatable bonds is 6. The van der Waals surface area contributed by atoms with Crippen molar-refractivity contribution in [3.05, 3.63) is 71.1 Å². The lowest BCUT2D eigenvalue weighted by Gasteiger charge is -2.06. The third-order valence-electron chi connectivity index (χ3n) is 3.80. The Morgan fingerprint density at radius 2 is 2.04 bits per heavy atom. The summed E-state index contributed by atoms with van der Waals surface area (Å²) in [5.74, 6) is -1.33. The van der Waals surface area contributed by atoms with Gasteiger partial charge < -0.3 is 10.1 Å². The van der Waals surface area contributed by atoms with E-state index in [0.717, 1.165) is 0 Å². The highest BCUT2D eigenvalue weighted by Crippen LogP contribution is 2.18. The highest BCUT2D eigenvalue weighted by Gasteiger charge is 2.09. The lowest BCUT2D eigenvalue weighted by molar-refractivity contribution is -0.142. The van der Waals surface area contributed by atoms with Gasteiger partial charge in [0, 0.05) is 23.5 Å². The fraction of sp³-hybridized carbons (Fsp3) is 0.100. The van der Waals surface area contributed by atoms with E-state index in [-0.39, 0.29) is 10.9 Å². The van der Waals surface area contributed by atoms with Gasteiger partial charge in [-0.1, -0.05) is 29.8 Å². The minimum atomic E-state index is -0.699. The largest absolute Gasteiger partial charge is 0.452 e. The van der Waals surface area contributed by atoms with Crippen molar-refractivity contribution < 1.29 is 19.1 Å². The number of esters is 1. The molecule has 8 heteroatoms. The molecule has 0 fully saturated rings. The van der Waals surface area contributed by atoms with Gasteiger partial charge in [0.05, 0.1) is 5.69 Å². The zero-order chi connectivity index (χ0) is 20.1. The molecule has 1 amide bonds. The van der Waals surface area contributed by atoms with Crippen LogP contribution in [0, 0.1) is 0 Å². The van der Waals surface area contributed by atoms with Crippen LogP contribution in [0.25, 0.3) is 11.7 Å². The Balaban J connectivity index is 1.57. The Labute approximate surface area is 165 Å². The van der Waals surface area contributed by atoms with E-state index in [1.165, 1.54) is 19.1 Å². The van der Waals surface area contributed by atoms with Gasteiger partial charge in [-0.3, -0.25) is 14.0 Å². The van der Waals surface area contributed by atoms with Crippen LogP contribution in [0.4, 0.5) is 5.69 Å². The normalized spacial score (nSPS) is 10.9. The number of amides is 1.